The van der Waals surface area contributed by atoms with Gasteiger partial charge in [-0.15, -0.1) is 0 Å². The molecule has 1 unspecified atom stereocenters. The number of ether oxygens (including phenoxy) is 2. The van der Waals surface area contributed by atoms with Gasteiger partial charge >= 0.3 is 5.97 Å². The van der Waals surface area contributed by atoms with E-state index in [0.717, 1.165) is 23.6 Å². The largest absolute Gasteiger partial charge is 0.497 e. The Bertz CT molecular complexity index is 384. The highest BCUT2D eigenvalue weighted by atomic mass is 32.2. The average molecular weight is 269 g/mol. The fraction of sp³-hybridized carbons (Fsp3) is 0.462. The van der Waals surface area contributed by atoms with E-state index in [9.17, 15) is 4.79 Å². The summed E-state index contributed by atoms with van der Waals surface area (Å²) in [5.41, 5.74) is 0.853. The number of anilines is 1. The summed E-state index contributed by atoms with van der Waals surface area (Å²) in [5.74, 6) is 1.41. The molecule has 0 amide bonds. The molecule has 100 valence electrons. The first-order valence-corrected chi connectivity index (χ1v) is 7.08. The Labute approximate surface area is 112 Å². The molecule has 1 rings (SSSR count). The van der Waals surface area contributed by atoms with Crippen molar-refractivity contribution >= 4 is 23.4 Å². The van der Waals surface area contributed by atoms with Crippen molar-refractivity contribution in [3.63, 3.8) is 0 Å². The number of methoxy groups -OCH3 is 2. The molecule has 1 aromatic carbocycles. The van der Waals surface area contributed by atoms with Crippen LogP contribution in [0.25, 0.3) is 0 Å². The molecule has 18 heavy (non-hydrogen) atoms. The number of rotatable bonds is 7. The lowest BCUT2D eigenvalue weighted by Crippen LogP contribution is -2.31. The Morgan fingerprint density at radius 3 is 2.83 bits per heavy atom. The molecular formula is C13H19NO3S. The van der Waals surface area contributed by atoms with Crippen LogP contribution >= 0.6 is 11.8 Å². The summed E-state index contributed by atoms with van der Waals surface area (Å²) in [4.78, 5) is 11.7. The molecule has 0 aliphatic carbocycles. The lowest BCUT2D eigenvalue weighted by atomic mass is 10.2. The molecular weight excluding hydrogens is 250 g/mol. The molecule has 0 bridgehead atoms. The minimum absolute atomic E-state index is 0.244. The third kappa shape index (κ3) is 4.49. The first-order chi connectivity index (χ1) is 8.71. The highest BCUT2D eigenvalue weighted by molar-refractivity contribution is 7.98. The Morgan fingerprint density at radius 1 is 1.44 bits per heavy atom. The summed E-state index contributed by atoms with van der Waals surface area (Å²) in [5, 5.41) is 3.17. The number of hydrogen-bond acceptors (Lipinski definition) is 5. The highest BCUT2D eigenvalue weighted by Crippen LogP contribution is 2.18. The third-order valence-corrected chi connectivity index (χ3v) is 3.15. The Kier molecular flexibility index (Phi) is 6.43. The van der Waals surface area contributed by atoms with E-state index in [0.29, 0.717) is 0 Å². The Hall–Kier alpha value is -1.36. The lowest BCUT2D eigenvalue weighted by Gasteiger charge is -2.17. The van der Waals surface area contributed by atoms with Crippen LogP contribution in [0.2, 0.25) is 0 Å². The lowest BCUT2D eigenvalue weighted by molar-refractivity contribution is -0.141. The first-order valence-electron chi connectivity index (χ1n) is 5.68. The molecule has 0 fully saturated rings. The van der Waals surface area contributed by atoms with Gasteiger partial charge in [-0.3, -0.25) is 0 Å². The maximum absolute atomic E-state index is 11.7. The summed E-state index contributed by atoms with van der Waals surface area (Å²) >= 11 is 1.70. The minimum Gasteiger partial charge on any atom is -0.497 e. The van der Waals surface area contributed by atoms with Crippen molar-refractivity contribution < 1.29 is 14.3 Å². The second-order valence-corrected chi connectivity index (χ2v) is 4.72. The predicted octanol–water partition coefficient (Wildman–Crippen LogP) is 2.40. The normalized spacial score (nSPS) is 11.7. The zero-order chi connectivity index (χ0) is 13.4. The molecule has 0 radical (unpaired) electrons. The topological polar surface area (TPSA) is 47.6 Å². The molecule has 1 aromatic rings. The van der Waals surface area contributed by atoms with Crippen molar-refractivity contribution in [3.8, 4) is 5.75 Å². The standard InChI is InChI=1S/C13H19NO3S/c1-16-11-6-4-5-10(9-11)14-12(7-8-18-3)13(15)17-2/h4-6,9,12,14H,7-8H2,1-3H3. The molecule has 0 heterocycles. The van der Waals surface area contributed by atoms with Crippen LogP contribution in [-0.2, 0) is 9.53 Å². The van der Waals surface area contributed by atoms with E-state index in [4.69, 9.17) is 9.47 Å². The van der Waals surface area contributed by atoms with E-state index in [1.807, 2.05) is 30.5 Å². The second-order valence-electron chi connectivity index (χ2n) is 3.73. The number of carbonyl (C=O) groups excluding carboxylic acids is 1. The van der Waals surface area contributed by atoms with Crippen molar-refractivity contribution in [1.29, 1.82) is 0 Å². The van der Waals surface area contributed by atoms with E-state index in [2.05, 4.69) is 5.32 Å². The van der Waals surface area contributed by atoms with Gasteiger partial charge in [0.25, 0.3) is 0 Å². The fourth-order valence-corrected chi connectivity index (χ4v) is 2.01. The summed E-state index contributed by atoms with van der Waals surface area (Å²) in [6.45, 7) is 0. The predicted molar refractivity (Wildman–Crippen MR) is 75.4 cm³/mol. The smallest absolute Gasteiger partial charge is 0.328 e. The maximum atomic E-state index is 11.7. The van der Waals surface area contributed by atoms with Gasteiger partial charge in [0.05, 0.1) is 14.2 Å². The summed E-state index contributed by atoms with van der Waals surface area (Å²) in [7, 11) is 3.02. The molecule has 1 N–H and O–H groups in total. The average Bonchev–Trinajstić information content (AvgIpc) is 2.42. The van der Waals surface area contributed by atoms with Gasteiger partial charge in [0.1, 0.15) is 11.8 Å². The van der Waals surface area contributed by atoms with Crippen LogP contribution in [0, 0.1) is 0 Å². The molecule has 0 saturated heterocycles. The molecule has 0 aliphatic rings. The fourth-order valence-electron chi connectivity index (χ4n) is 1.54. The zero-order valence-corrected chi connectivity index (χ0v) is 11.8. The van der Waals surface area contributed by atoms with Crippen molar-refractivity contribution in [1.82, 2.24) is 0 Å². The third-order valence-electron chi connectivity index (χ3n) is 2.51. The van der Waals surface area contributed by atoms with E-state index < -0.39 is 0 Å². The summed E-state index contributed by atoms with van der Waals surface area (Å²) in [6, 6.07) is 7.17. The van der Waals surface area contributed by atoms with Crippen LogP contribution in [0.3, 0.4) is 0 Å². The van der Waals surface area contributed by atoms with Gasteiger partial charge in [-0.05, 0) is 30.6 Å². The van der Waals surface area contributed by atoms with Gasteiger partial charge in [0, 0.05) is 11.8 Å². The Morgan fingerprint density at radius 2 is 2.22 bits per heavy atom. The van der Waals surface area contributed by atoms with E-state index in [-0.39, 0.29) is 12.0 Å². The van der Waals surface area contributed by atoms with Crippen molar-refractivity contribution in [2.75, 3.05) is 31.5 Å². The molecule has 1 atom stereocenters. The molecule has 0 saturated carbocycles. The van der Waals surface area contributed by atoms with Crippen molar-refractivity contribution in [2.45, 2.75) is 12.5 Å². The number of hydrogen-bond donors (Lipinski definition) is 1. The van der Waals surface area contributed by atoms with Gasteiger partial charge in [0.15, 0.2) is 0 Å². The van der Waals surface area contributed by atoms with Crippen LogP contribution in [0.15, 0.2) is 24.3 Å². The van der Waals surface area contributed by atoms with Crippen LogP contribution in [0.5, 0.6) is 5.75 Å². The maximum Gasteiger partial charge on any atom is 0.328 e. The number of nitrogens with one attached hydrogen (secondary N) is 1. The monoisotopic (exact) mass is 269 g/mol. The van der Waals surface area contributed by atoms with Gasteiger partial charge < -0.3 is 14.8 Å². The van der Waals surface area contributed by atoms with Crippen LogP contribution in [0.4, 0.5) is 5.69 Å². The first kappa shape index (κ1) is 14.7. The second kappa shape index (κ2) is 7.87. The SMILES string of the molecule is COC(=O)C(CCSC)Nc1cccc(OC)c1. The van der Waals surface area contributed by atoms with E-state index in [1.54, 1.807) is 18.9 Å². The summed E-state index contributed by atoms with van der Waals surface area (Å²) < 4.78 is 9.94. The van der Waals surface area contributed by atoms with Gasteiger partial charge in [-0.2, -0.15) is 11.8 Å². The van der Waals surface area contributed by atoms with E-state index in [1.165, 1.54) is 7.11 Å². The highest BCUT2D eigenvalue weighted by Gasteiger charge is 2.18. The zero-order valence-electron chi connectivity index (χ0n) is 10.9. The molecule has 0 aromatic heterocycles. The molecule has 5 heteroatoms. The van der Waals surface area contributed by atoms with Crippen LogP contribution in [0.1, 0.15) is 6.42 Å². The Balaban J connectivity index is 2.71. The molecule has 0 aliphatic heterocycles. The van der Waals surface area contributed by atoms with Crippen LogP contribution in [-0.4, -0.2) is 38.2 Å². The van der Waals surface area contributed by atoms with Gasteiger partial charge in [-0.25, -0.2) is 4.79 Å². The number of esters is 1. The van der Waals surface area contributed by atoms with Crippen molar-refractivity contribution in [3.05, 3.63) is 24.3 Å². The molecule has 0 spiro atoms. The minimum atomic E-state index is -0.324. The van der Waals surface area contributed by atoms with Crippen LogP contribution < -0.4 is 10.1 Å². The number of carbonyl (C=O) groups is 1. The van der Waals surface area contributed by atoms with Crippen molar-refractivity contribution in [2.24, 2.45) is 0 Å². The number of thioether (sulfide) groups is 1. The molecule has 4 nitrogen and oxygen atoms in total. The summed E-state index contributed by atoms with van der Waals surface area (Å²) in [6.07, 6.45) is 2.74. The number of benzene rings is 1. The van der Waals surface area contributed by atoms with Gasteiger partial charge in [0.2, 0.25) is 0 Å². The van der Waals surface area contributed by atoms with Gasteiger partial charge in [-0.1, -0.05) is 6.07 Å². The van der Waals surface area contributed by atoms with E-state index >= 15 is 0 Å². The quantitative estimate of drug-likeness (QED) is 0.770.